The Hall–Kier alpha value is -2.91. The van der Waals surface area contributed by atoms with Gasteiger partial charge in [-0.25, -0.2) is 8.42 Å². The first kappa shape index (κ1) is 24.2. The van der Waals surface area contributed by atoms with Gasteiger partial charge in [0.25, 0.3) is 0 Å². The van der Waals surface area contributed by atoms with Gasteiger partial charge < -0.3 is 14.8 Å². The summed E-state index contributed by atoms with van der Waals surface area (Å²) >= 11 is 0. The smallest absolute Gasteiger partial charge is 0.243 e. The van der Waals surface area contributed by atoms with E-state index in [0.29, 0.717) is 49.1 Å². The number of hydrogen-bond acceptors (Lipinski definition) is 6. The summed E-state index contributed by atoms with van der Waals surface area (Å²) in [6.45, 7) is 2.19. The van der Waals surface area contributed by atoms with Crippen molar-refractivity contribution in [1.82, 2.24) is 4.31 Å². The Bertz CT molecular complexity index is 1120. The molecule has 0 saturated carbocycles. The molecule has 0 atom stereocenters. The van der Waals surface area contributed by atoms with Crippen molar-refractivity contribution < 1.29 is 27.5 Å². The minimum Gasteiger partial charge on any atom is -0.490 e. The standard InChI is InChI=1S/C25H30N2O6S/c28-22(19-6-12-23-24(18-19)33-17-5-16-32-23)11-13-25(29)26-20-7-9-21(10-8-20)34(30,31)27-14-3-1-2-4-15-27/h6-10,12,18H,1-5,11,13-17H2,(H,26,29). The molecule has 0 unspecified atom stereocenters. The molecule has 0 spiro atoms. The Labute approximate surface area is 200 Å². The third-order valence-electron chi connectivity index (χ3n) is 5.99. The molecular formula is C25H30N2O6S. The van der Waals surface area contributed by atoms with Crippen LogP contribution in [0.15, 0.2) is 47.4 Å². The van der Waals surface area contributed by atoms with Crippen LogP contribution in [0.5, 0.6) is 11.5 Å². The molecule has 0 bridgehead atoms. The number of ether oxygens (including phenoxy) is 2. The lowest BCUT2D eigenvalue weighted by molar-refractivity contribution is -0.116. The normalized spacial score (nSPS) is 16.8. The van der Waals surface area contributed by atoms with E-state index in [0.717, 1.165) is 32.1 Å². The van der Waals surface area contributed by atoms with Crippen LogP contribution >= 0.6 is 0 Å². The molecule has 0 aliphatic carbocycles. The highest BCUT2D eigenvalue weighted by Crippen LogP contribution is 2.31. The molecule has 0 aromatic heterocycles. The largest absolute Gasteiger partial charge is 0.490 e. The number of nitrogens with one attached hydrogen (secondary N) is 1. The fraction of sp³-hybridized carbons (Fsp3) is 0.440. The number of nitrogens with zero attached hydrogens (tertiary/aromatic N) is 1. The SMILES string of the molecule is O=C(CCC(=O)c1ccc2c(c1)OCCCO2)Nc1ccc(S(=O)(=O)N2CCCCCC2)cc1. The number of hydrogen-bond donors (Lipinski definition) is 1. The second-order valence-corrected chi connectivity index (χ2v) is 10.5. The quantitative estimate of drug-likeness (QED) is 0.593. The predicted octanol–water partition coefficient (Wildman–Crippen LogP) is 4.01. The van der Waals surface area contributed by atoms with E-state index in [1.54, 1.807) is 34.6 Å². The van der Waals surface area contributed by atoms with E-state index in [-0.39, 0.29) is 29.4 Å². The Morgan fingerprint density at radius 1 is 0.824 bits per heavy atom. The lowest BCUT2D eigenvalue weighted by Gasteiger charge is -2.20. The summed E-state index contributed by atoms with van der Waals surface area (Å²) in [5, 5.41) is 2.73. The highest BCUT2D eigenvalue weighted by molar-refractivity contribution is 7.89. The van der Waals surface area contributed by atoms with Crippen LogP contribution in [0.4, 0.5) is 5.69 Å². The van der Waals surface area contributed by atoms with Crippen LogP contribution in [-0.2, 0) is 14.8 Å². The van der Waals surface area contributed by atoms with Gasteiger partial charge in [0.2, 0.25) is 15.9 Å². The fourth-order valence-electron chi connectivity index (χ4n) is 4.07. The maximum absolute atomic E-state index is 12.9. The van der Waals surface area contributed by atoms with Crippen LogP contribution < -0.4 is 14.8 Å². The van der Waals surface area contributed by atoms with Crippen LogP contribution in [0.3, 0.4) is 0 Å². The Morgan fingerprint density at radius 2 is 1.50 bits per heavy atom. The average molecular weight is 487 g/mol. The summed E-state index contributed by atoms with van der Waals surface area (Å²) in [4.78, 5) is 25.1. The first-order valence-electron chi connectivity index (χ1n) is 11.8. The summed E-state index contributed by atoms with van der Waals surface area (Å²) in [6.07, 6.45) is 4.69. The number of amides is 1. The molecule has 4 rings (SSSR count). The van der Waals surface area contributed by atoms with Gasteiger partial charge in [-0.1, -0.05) is 12.8 Å². The molecule has 2 aromatic rings. The highest BCUT2D eigenvalue weighted by Gasteiger charge is 2.25. The monoisotopic (exact) mass is 486 g/mol. The Morgan fingerprint density at radius 3 is 2.21 bits per heavy atom. The van der Waals surface area contributed by atoms with E-state index < -0.39 is 10.0 Å². The van der Waals surface area contributed by atoms with Crippen LogP contribution in [0.25, 0.3) is 0 Å². The first-order valence-corrected chi connectivity index (χ1v) is 13.2. The van der Waals surface area contributed by atoms with Gasteiger partial charge in [-0.05, 0) is 55.3 Å². The van der Waals surface area contributed by atoms with E-state index in [2.05, 4.69) is 5.32 Å². The van der Waals surface area contributed by atoms with Crippen molar-refractivity contribution in [3.8, 4) is 11.5 Å². The Kier molecular flexibility index (Phi) is 7.84. The summed E-state index contributed by atoms with van der Waals surface area (Å²) in [5.41, 5.74) is 0.961. The lowest BCUT2D eigenvalue weighted by atomic mass is 10.1. The van der Waals surface area contributed by atoms with Gasteiger partial charge in [0.1, 0.15) is 0 Å². The summed E-state index contributed by atoms with van der Waals surface area (Å²) in [6, 6.07) is 11.2. The zero-order chi connectivity index (χ0) is 24.0. The van der Waals surface area contributed by atoms with Crippen molar-refractivity contribution in [2.24, 2.45) is 0 Å². The van der Waals surface area contributed by atoms with Crippen LogP contribution in [0.1, 0.15) is 55.3 Å². The van der Waals surface area contributed by atoms with Crippen molar-refractivity contribution in [2.75, 3.05) is 31.6 Å². The first-order chi connectivity index (χ1) is 16.4. The molecular weight excluding hydrogens is 456 g/mol. The molecule has 2 aliphatic rings. The van der Waals surface area contributed by atoms with Crippen molar-refractivity contribution in [3.63, 3.8) is 0 Å². The molecule has 2 aromatic carbocycles. The molecule has 2 aliphatic heterocycles. The van der Waals surface area contributed by atoms with Crippen molar-refractivity contribution in [1.29, 1.82) is 0 Å². The molecule has 182 valence electrons. The minimum absolute atomic E-state index is 0.0150. The topological polar surface area (TPSA) is 102 Å². The fourth-order valence-corrected chi connectivity index (χ4v) is 5.59. The molecule has 1 fully saturated rings. The number of Topliss-reactive ketones (excluding diaryl/α,β-unsaturated/α-hetero) is 1. The predicted molar refractivity (Wildman–Crippen MR) is 128 cm³/mol. The molecule has 8 nitrogen and oxygen atoms in total. The summed E-state index contributed by atoms with van der Waals surface area (Å²) in [7, 11) is -3.53. The number of ketones is 1. The number of benzene rings is 2. The molecule has 0 radical (unpaired) electrons. The van der Waals surface area contributed by atoms with E-state index in [4.69, 9.17) is 9.47 Å². The van der Waals surface area contributed by atoms with E-state index in [1.165, 1.54) is 12.1 Å². The van der Waals surface area contributed by atoms with E-state index in [9.17, 15) is 18.0 Å². The van der Waals surface area contributed by atoms with Crippen molar-refractivity contribution >= 4 is 27.4 Å². The minimum atomic E-state index is -3.53. The van der Waals surface area contributed by atoms with Gasteiger partial charge in [0, 0.05) is 43.6 Å². The number of carbonyl (C=O) groups is 2. The summed E-state index contributed by atoms with van der Waals surface area (Å²) in [5.74, 6) is 0.687. The van der Waals surface area contributed by atoms with Gasteiger partial charge >= 0.3 is 0 Å². The molecule has 2 heterocycles. The van der Waals surface area contributed by atoms with Crippen LogP contribution in [0, 0.1) is 0 Å². The lowest BCUT2D eigenvalue weighted by Crippen LogP contribution is -2.31. The number of fused-ring (bicyclic) bond motifs is 1. The maximum Gasteiger partial charge on any atom is 0.243 e. The second kappa shape index (κ2) is 11.0. The number of sulfonamides is 1. The molecule has 9 heteroatoms. The van der Waals surface area contributed by atoms with E-state index in [1.807, 2.05) is 0 Å². The zero-order valence-electron chi connectivity index (χ0n) is 19.1. The van der Waals surface area contributed by atoms with Gasteiger partial charge in [-0.15, -0.1) is 0 Å². The number of rotatable bonds is 7. The van der Waals surface area contributed by atoms with Crippen LogP contribution in [0.2, 0.25) is 0 Å². The van der Waals surface area contributed by atoms with Gasteiger partial charge in [-0.2, -0.15) is 4.31 Å². The highest BCUT2D eigenvalue weighted by atomic mass is 32.2. The van der Waals surface area contributed by atoms with Crippen molar-refractivity contribution in [2.45, 2.75) is 49.8 Å². The molecule has 34 heavy (non-hydrogen) atoms. The third-order valence-corrected chi connectivity index (χ3v) is 7.90. The third kappa shape index (κ3) is 5.95. The second-order valence-electron chi connectivity index (χ2n) is 8.53. The molecule has 1 N–H and O–H groups in total. The van der Waals surface area contributed by atoms with E-state index >= 15 is 0 Å². The zero-order valence-corrected chi connectivity index (χ0v) is 19.9. The van der Waals surface area contributed by atoms with Gasteiger partial charge in [-0.3, -0.25) is 9.59 Å². The average Bonchev–Trinajstić information content (AvgIpc) is 3.26. The molecule has 1 saturated heterocycles. The Balaban J connectivity index is 1.31. The molecule has 1 amide bonds. The van der Waals surface area contributed by atoms with Crippen LogP contribution in [-0.4, -0.2) is 50.7 Å². The maximum atomic E-state index is 12.9. The van der Waals surface area contributed by atoms with Crippen molar-refractivity contribution in [3.05, 3.63) is 48.0 Å². The number of anilines is 1. The summed E-state index contributed by atoms with van der Waals surface area (Å²) < 4.78 is 38.5. The number of carbonyl (C=O) groups excluding carboxylic acids is 2. The van der Waals surface area contributed by atoms with Gasteiger partial charge in [0.05, 0.1) is 18.1 Å². The van der Waals surface area contributed by atoms with Gasteiger partial charge in [0.15, 0.2) is 17.3 Å².